The molecule has 2 amide bonds. The molecule has 1 heterocycles. The van der Waals surface area contributed by atoms with E-state index >= 15 is 0 Å². The summed E-state index contributed by atoms with van der Waals surface area (Å²) in [5.41, 5.74) is 1.40. The zero-order valence-corrected chi connectivity index (χ0v) is 14.9. The first-order valence-corrected chi connectivity index (χ1v) is 8.52. The number of hydrogen-bond acceptors (Lipinski definition) is 5. The summed E-state index contributed by atoms with van der Waals surface area (Å²) in [6, 6.07) is 19.5. The normalized spacial score (nSPS) is 12.7. The number of methoxy groups -OCH3 is 1. The summed E-state index contributed by atoms with van der Waals surface area (Å²) in [7, 11) is 1.54. The maximum atomic E-state index is 12.6. The topological polar surface area (TPSA) is 72.9 Å². The molecule has 0 aromatic heterocycles. The highest BCUT2D eigenvalue weighted by molar-refractivity contribution is 6.34. The summed E-state index contributed by atoms with van der Waals surface area (Å²) < 4.78 is 10.5. The van der Waals surface area contributed by atoms with E-state index < -0.39 is 17.8 Å². The molecule has 0 radical (unpaired) electrons. The number of imide groups is 1. The molecule has 0 aliphatic carbocycles. The molecule has 1 aliphatic heterocycles. The van der Waals surface area contributed by atoms with E-state index in [1.165, 1.54) is 13.2 Å². The van der Waals surface area contributed by atoms with E-state index in [0.717, 1.165) is 4.90 Å². The summed E-state index contributed by atoms with van der Waals surface area (Å²) >= 11 is 0. The Morgan fingerprint density at radius 3 is 2.04 bits per heavy atom. The molecular formula is C22H15NO5. The van der Waals surface area contributed by atoms with Crippen molar-refractivity contribution in [3.8, 4) is 11.5 Å². The summed E-state index contributed by atoms with van der Waals surface area (Å²) in [6.45, 7) is 0. The Bertz CT molecular complexity index is 1050. The van der Waals surface area contributed by atoms with Crippen LogP contribution in [-0.2, 0) is 0 Å². The third kappa shape index (κ3) is 3.01. The lowest BCUT2D eigenvalue weighted by Crippen LogP contribution is -2.29. The van der Waals surface area contributed by atoms with Crippen LogP contribution in [0.2, 0.25) is 0 Å². The summed E-state index contributed by atoms with van der Waals surface area (Å²) in [5, 5.41) is 0. The maximum absolute atomic E-state index is 12.6. The van der Waals surface area contributed by atoms with Crippen LogP contribution in [0.5, 0.6) is 11.5 Å². The minimum Gasteiger partial charge on any atom is -0.497 e. The third-order valence-corrected chi connectivity index (χ3v) is 4.41. The van der Waals surface area contributed by atoms with Crippen LogP contribution >= 0.6 is 0 Å². The molecule has 0 saturated carbocycles. The first-order chi connectivity index (χ1) is 13.6. The fourth-order valence-corrected chi connectivity index (χ4v) is 3.00. The van der Waals surface area contributed by atoms with Gasteiger partial charge in [0.1, 0.15) is 11.5 Å². The Labute approximate surface area is 160 Å². The van der Waals surface area contributed by atoms with E-state index in [-0.39, 0.29) is 5.75 Å². The SMILES string of the molecule is COc1ccc(C(=O)Oc2cccc(N3C(=O)c4ccccc4C3=O)c2)cc1. The highest BCUT2D eigenvalue weighted by Gasteiger charge is 2.36. The molecule has 0 fully saturated rings. The smallest absolute Gasteiger partial charge is 0.343 e. The van der Waals surface area contributed by atoms with E-state index in [1.807, 2.05) is 0 Å². The van der Waals surface area contributed by atoms with Gasteiger partial charge in [0.05, 0.1) is 29.5 Å². The van der Waals surface area contributed by atoms with Gasteiger partial charge in [-0.3, -0.25) is 9.59 Å². The molecule has 1 aliphatic rings. The lowest BCUT2D eigenvalue weighted by atomic mass is 10.1. The summed E-state index contributed by atoms with van der Waals surface area (Å²) in [4.78, 5) is 38.6. The van der Waals surface area contributed by atoms with Gasteiger partial charge in [0.15, 0.2) is 0 Å². The second-order valence-corrected chi connectivity index (χ2v) is 6.11. The van der Waals surface area contributed by atoms with Gasteiger partial charge >= 0.3 is 5.97 Å². The first kappa shape index (κ1) is 17.5. The molecule has 0 atom stereocenters. The number of nitrogens with zero attached hydrogens (tertiary/aromatic N) is 1. The number of anilines is 1. The van der Waals surface area contributed by atoms with Crippen molar-refractivity contribution in [1.82, 2.24) is 0 Å². The molecule has 4 rings (SSSR count). The number of rotatable bonds is 4. The van der Waals surface area contributed by atoms with Crippen LogP contribution in [0, 0.1) is 0 Å². The van der Waals surface area contributed by atoms with Gasteiger partial charge in [0.2, 0.25) is 0 Å². The van der Waals surface area contributed by atoms with E-state index in [0.29, 0.717) is 28.1 Å². The lowest BCUT2D eigenvalue weighted by molar-refractivity contribution is 0.0734. The van der Waals surface area contributed by atoms with Crippen molar-refractivity contribution in [2.45, 2.75) is 0 Å². The van der Waals surface area contributed by atoms with Crippen molar-refractivity contribution in [1.29, 1.82) is 0 Å². The highest BCUT2D eigenvalue weighted by Crippen LogP contribution is 2.30. The number of hydrogen-bond donors (Lipinski definition) is 0. The average Bonchev–Trinajstić information content (AvgIpc) is 2.99. The monoisotopic (exact) mass is 373 g/mol. The number of amides is 2. The van der Waals surface area contributed by atoms with Crippen molar-refractivity contribution in [2.24, 2.45) is 0 Å². The largest absolute Gasteiger partial charge is 0.497 e. The molecule has 0 spiro atoms. The standard InChI is InChI=1S/C22H15NO5/c1-27-16-11-9-14(10-12-16)22(26)28-17-6-4-5-15(13-17)23-20(24)18-7-2-3-8-19(18)21(23)25/h2-13H,1H3. The number of carbonyl (C=O) groups is 3. The fourth-order valence-electron chi connectivity index (χ4n) is 3.00. The minimum atomic E-state index is -0.554. The zero-order chi connectivity index (χ0) is 19.7. The van der Waals surface area contributed by atoms with Gasteiger partial charge in [-0.15, -0.1) is 0 Å². The highest BCUT2D eigenvalue weighted by atomic mass is 16.5. The van der Waals surface area contributed by atoms with Crippen LogP contribution in [0.3, 0.4) is 0 Å². The van der Waals surface area contributed by atoms with E-state index in [9.17, 15) is 14.4 Å². The van der Waals surface area contributed by atoms with Crippen molar-refractivity contribution in [3.63, 3.8) is 0 Å². The van der Waals surface area contributed by atoms with Crippen LogP contribution < -0.4 is 14.4 Å². The lowest BCUT2D eigenvalue weighted by Gasteiger charge is -2.15. The van der Waals surface area contributed by atoms with E-state index in [1.54, 1.807) is 66.7 Å². The van der Waals surface area contributed by atoms with Crippen molar-refractivity contribution >= 4 is 23.5 Å². The molecule has 28 heavy (non-hydrogen) atoms. The molecule has 138 valence electrons. The Hall–Kier alpha value is -3.93. The van der Waals surface area contributed by atoms with Crippen LogP contribution in [-0.4, -0.2) is 24.9 Å². The Morgan fingerprint density at radius 1 is 0.786 bits per heavy atom. The third-order valence-electron chi connectivity index (χ3n) is 4.41. The van der Waals surface area contributed by atoms with Crippen LogP contribution in [0.4, 0.5) is 5.69 Å². The minimum absolute atomic E-state index is 0.231. The van der Waals surface area contributed by atoms with Gasteiger partial charge in [0, 0.05) is 6.07 Å². The van der Waals surface area contributed by atoms with Gasteiger partial charge in [-0.05, 0) is 48.5 Å². The molecule has 6 nitrogen and oxygen atoms in total. The quantitative estimate of drug-likeness (QED) is 0.396. The Balaban J connectivity index is 1.58. The van der Waals surface area contributed by atoms with Crippen LogP contribution in [0.1, 0.15) is 31.1 Å². The van der Waals surface area contributed by atoms with Gasteiger partial charge in [-0.25, -0.2) is 9.69 Å². The molecule has 0 saturated heterocycles. The van der Waals surface area contributed by atoms with Gasteiger partial charge in [-0.2, -0.15) is 0 Å². The van der Waals surface area contributed by atoms with E-state index in [2.05, 4.69) is 0 Å². The van der Waals surface area contributed by atoms with Crippen LogP contribution in [0.25, 0.3) is 0 Å². The van der Waals surface area contributed by atoms with Crippen LogP contribution in [0.15, 0.2) is 72.8 Å². The van der Waals surface area contributed by atoms with Crippen molar-refractivity contribution < 1.29 is 23.9 Å². The number of esters is 1. The van der Waals surface area contributed by atoms with E-state index in [4.69, 9.17) is 9.47 Å². The van der Waals surface area contributed by atoms with Gasteiger partial charge in [-0.1, -0.05) is 18.2 Å². The fraction of sp³-hybridized carbons (Fsp3) is 0.0455. The predicted octanol–water partition coefficient (Wildman–Crippen LogP) is 3.72. The van der Waals surface area contributed by atoms with Gasteiger partial charge < -0.3 is 9.47 Å². The summed E-state index contributed by atoms with van der Waals surface area (Å²) in [6.07, 6.45) is 0. The molecule has 3 aromatic carbocycles. The maximum Gasteiger partial charge on any atom is 0.343 e. The molecule has 0 bridgehead atoms. The molecule has 0 unspecified atom stereocenters. The number of carbonyl (C=O) groups excluding carboxylic acids is 3. The molecular weight excluding hydrogens is 358 g/mol. The van der Waals surface area contributed by atoms with Crippen molar-refractivity contribution in [2.75, 3.05) is 12.0 Å². The van der Waals surface area contributed by atoms with Crippen molar-refractivity contribution in [3.05, 3.63) is 89.5 Å². The molecule has 6 heteroatoms. The number of ether oxygens (including phenoxy) is 2. The molecule has 3 aromatic rings. The molecule has 0 N–H and O–H groups in total. The average molecular weight is 373 g/mol. The predicted molar refractivity (Wildman–Crippen MR) is 102 cm³/mol. The second kappa shape index (κ2) is 7.00. The Morgan fingerprint density at radius 2 is 1.43 bits per heavy atom. The zero-order valence-electron chi connectivity index (χ0n) is 14.9. The first-order valence-electron chi connectivity index (χ1n) is 8.52. The number of fused-ring (bicyclic) bond motifs is 1. The number of benzene rings is 3. The Kier molecular flexibility index (Phi) is 4.37. The van der Waals surface area contributed by atoms with Gasteiger partial charge in [0.25, 0.3) is 11.8 Å². The second-order valence-electron chi connectivity index (χ2n) is 6.11. The summed E-state index contributed by atoms with van der Waals surface area (Å²) in [5.74, 6) is -0.500.